The molecule has 0 aliphatic rings. The van der Waals surface area contributed by atoms with Gasteiger partial charge in [0.05, 0.1) is 6.04 Å². The molecule has 5 heteroatoms. The van der Waals surface area contributed by atoms with Crippen molar-refractivity contribution in [3.05, 3.63) is 0 Å². The van der Waals surface area contributed by atoms with E-state index in [1.807, 2.05) is 6.92 Å². The Morgan fingerprint density at radius 3 is 2.85 bits per heavy atom. The van der Waals surface area contributed by atoms with Crippen LogP contribution < -0.4 is 16.4 Å². The van der Waals surface area contributed by atoms with Crippen LogP contribution in [-0.4, -0.2) is 25.0 Å². The minimum Gasteiger partial charge on any atom is -0.355 e. The van der Waals surface area contributed by atoms with E-state index in [1.54, 1.807) is 6.19 Å². The summed E-state index contributed by atoms with van der Waals surface area (Å²) in [4.78, 5) is 11.1. The third kappa shape index (κ3) is 5.93. The maximum atomic E-state index is 11.1. The van der Waals surface area contributed by atoms with Gasteiger partial charge in [-0.05, 0) is 12.8 Å². The molecule has 0 aromatic heterocycles. The largest absolute Gasteiger partial charge is 0.355 e. The third-order valence-electron chi connectivity index (χ3n) is 1.63. The normalized spacial score (nSPS) is 11.5. The molecule has 0 aliphatic carbocycles. The summed E-state index contributed by atoms with van der Waals surface area (Å²) >= 11 is 0. The molecule has 1 amide bonds. The van der Waals surface area contributed by atoms with Crippen molar-refractivity contribution in [2.45, 2.75) is 25.8 Å². The van der Waals surface area contributed by atoms with Gasteiger partial charge in [0.2, 0.25) is 5.91 Å². The lowest BCUT2D eigenvalue weighted by Gasteiger charge is -2.09. The van der Waals surface area contributed by atoms with E-state index >= 15 is 0 Å². The molecule has 74 valence electrons. The molecular formula is C8H16N4O. The lowest BCUT2D eigenvalue weighted by atomic mass is 10.2. The van der Waals surface area contributed by atoms with E-state index in [0.717, 1.165) is 6.42 Å². The SMILES string of the molecule is CCC(N)C(=O)NCCCNC#N. The smallest absolute Gasteiger partial charge is 0.236 e. The minimum absolute atomic E-state index is 0.126. The maximum Gasteiger partial charge on any atom is 0.236 e. The number of hydrogen-bond donors (Lipinski definition) is 3. The molecule has 0 spiro atoms. The second-order valence-electron chi connectivity index (χ2n) is 2.70. The average molecular weight is 184 g/mol. The second-order valence-corrected chi connectivity index (χ2v) is 2.70. The van der Waals surface area contributed by atoms with Gasteiger partial charge in [0, 0.05) is 13.1 Å². The van der Waals surface area contributed by atoms with Crippen LogP contribution in [-0.2, 0) is 4.79 Å². The number of nitrogens with two attached hydrogens (primary N) is 1. The van der Waals surface area contributed by atoms with E-state index < -0.39 is 6.04 Å². The van der Waals surface area contributed by atoms with Gasteiger partial charge in [-0.25, -0.2) is 0 Å². The summed E-state index contributed by atoms with van der Waals surface area (Å²) in [7, 11) is 0. The van der Waals surface area contributed by atoms with Gasteiger partial charge in [0.1, 0.15) is 0 Å². The molecule has 0 rings (SSSR count). The lowest BCUT2D eigenvalue weighted by molar-refractivity contribution is -0.122. The molecule has 0 saturated heterocycles. The summed E-state index contributed by atoms with van der Waals surface area (Å²) in [5.74, 6) is -0.126. The molecule has 0 aromatic carbocycles. The molecule has 0 bridgehead atoms. The Kier molecular flexibility index (Phi) is 6.65. The predicted molar refractivity (Wildman–Crippen MR) is 49.5 cm³/mol. The number of nitrogens with one attached hydrogen (secondary N) is 2. The fraction of sp³-hybridized carbons (Fsp3) is 0.750. The molecule has 1 atom stereocenters. The molecule has 0 fully saturated rings. The minimum atomic E-state index is -0.413. The average Bonchev–Trinajstić information content (AvgIpc) is 2.16. The van der Waals surface area contributed by atoms with Gasteiger partial charge >= 0.3 is 0 Å². The number of carbonyl (C=O) groups excluding carboxylic acids is 1. The maximum absolute atomic E-state index is 11.1. The highest BCUT2D eigenvalue weighted by Crippen LogP contribution is 1.85. The van der Waals surface area contributed by atoms with Crippen molar-refractivity contribution >= 4 is 5.91 Å². The summed E-state index contributed by atoms with van der Waals surface area (Å²) in [5.41, 5.74) is 5.48. The monoisotopic (exact) mass is 184 g/mol. The first-order valence-electron chi connectivity index (χ1n) is 4.37. The second kappa shape index (κ2) is 7.37. The Morgan fingerprint density at radius 1 is 1.62 bits per heavy atom. The first-order valence-corrected chi connectivity index (χ1v) is 4.37. The van der Waals surface area contributed by atoms with E-state index in [1.165, 1.54) is 0 Å². The number of nitrogens with zero attached hydrogens (tertiary/aromatic N) is 1. The van der Waals surface area contributed by atoms with Crippen molar-refractivity contribution in [3.8, 4) is 6.19 Å². The molecule has 0 saturated carbocycles. The third-order valence-corrected chi connectivity index (χ3v) is 1.63. The van der Waals surface area contributed by atoms with Crippen molar-refractivity contribution in [3.63, 3.8) is 0 Å². The van der Waals surface area contributed by atoms with E-state index in [4.69, 9.17) is 11.0 Å². The van der Waals surface area contributed by atoms with Crippen LogP contribution in [0.25, 0.3) is 0 Å². The van der Waals surface area contributed by atoms with Crippen LogP contribution in [0.1, 0.15) is 19.8 Å². The number of carbonyl (C=O) groups is 1. The zero-order chi connectivity index (χ0) is 10.1. The van der Waals surface area contributed by atoms with Crippen LogP contribution in [0.5, 0.6) is 0 Å². The standard InChI is InChI=1S/C8H16N4O/c1-2-7(10)8(13)12-5-3-4-11-6-9/h7,11H,2-5,10H2,1H3,(H,12,13). The Balaban J connectivity index is 3.33. The summed E-state index contributed by atoms with van der Waals surface area (Å²) in [6.45, 7) is 3.00. The van der Waals surface area contributed by atoms with E-state index in [2.05, 4.69) is 10.6 Å². The molecule has 0 radical (unpaired) electrons. The van der Waals surface area contributed by atoms with Gasteiger partial charge in [0.15, 0.2) is 6.19 Å². The van der Waals surface area contributed by atoms with E-state index in [0.29, 0.717) is 19.5 Å². The van der Waals surface area contributed by atoms with Crippen LogP contribution in [0.2, 0.25) is 0 Å². The zero-order valence-electron chi connectivity index (χ0n) is 7.84. The zero-order valence-corrected chi connectivity index (χ0v) is 7.84. The fourth-order valence-electron chi connectivity index (χ4n) is 0.761. The van der Waals surface area contributed by atoms with Crippen LogP contribution in [0.15, 0.2) is 0 Å². The predicted octanol–water partition coefficient (Wildman–Crippen LogP) is -0.699. The summed E-state index contributed by atoms with van der Waals surface area (Å²) in [6.07, 6.45) is 3.18. The highest BCUT2D eigenvalue weighted by Gasteiger charge is 2.08. The van der Waals surface area contributed by atoms with Gasteiger partial charge < -0.3 is 16.4 Å². The van der Waals surface area contributed by atoms with E-state index in [9.17, 15) is 4.79 Å². The van der Waals surface area contributed by atoms with Crippen LogP contribution in [0.4, 0.5) is 0 Å². The Morgan fingerprint density at radius 2 is 2.31 bits per heavy atom. The Hall–Kier alpha value is -1.28. The van der Waals surface area contributed by atoms with Crippen molar-refractivity contribution in [2.24, 2.45) is 5.73 Å². The van der Waals surface area contributed by atoms with Gasteiger partial charge in [-0.2, -0.15) is 5.26 Å². The molecule has 0 aliphatic heterocycles. The fourth-order valence-corrected chi connectivity index (χ4v) is 0.761. The molecule has 4 N–H and O–H groups in total. The molecule has 1 unspecified atom stereocenters. The molecule has 0 aromatic rings. The van der Waals surface area contributed by atoms with Gasteiger partial charge in [-0.3, -0.25) is 4.79 Å². The van der Waals surface area contributed by atoms with Crippen LogP contribution in [0, 0.1) is 11.5 Å². The Bertz CT molecular complexity index is 187. The Labute approximate surface area is 78.3 Å². The summed E-state index contributed by atoms with van der Waals surface area (Å²) in [6, 6.07) is -0.413. The quantitative estimate of drug-likeness (QED) is 0.289. The van der Waals surface area contributed by atoms with Crippen LogP contribution in [0.3, 0.4) is 0 Å². The molecule has 5 nitrogen and oxygen atoms in total. The van der Waals surface area contributed by atoms with Crippen molar-refractivity contribution in [1.29, 1.82) is 5.26 Å². The van der Waals surface area contributed by atoms with Gasteiger partial charge in [-0.1, -0.05) is 6.92 Å². The number of hydrogen-bond acceptors (Lipinski definition) is 4. The summed E-state index contributed by atoms with van der Waals surface area (Å²) < 4.78 is 0. The van der Waals surface area contributed by atoms with Gasteiger partial charge in [0.25, 0.3) is 0 Å². The first kappa shape index (κ1) is 11.7. The first-order chi connectivity index (χ1) is 6.22. The summed E-state index contributed by atoms with van der Waals surface area (Å²) in [5, 5.41) is 13.3. The van der Waals surface area contributed by atoms with Crippen molar-refractivity contribution in [1.82, 2.24) is 10.6 Å². The van der Waals surface area contributed by atoms with Crippen LogP contribution >= 0.6 is 0 Å². The number of amides is 1. The lowest BCUT2D eigenvalue weighted by Crippen LogP contribution is -2.40. The number of nitriles is 1. The molecule has 0 heterocycles. The number of rotatable bonds is 6. The van der Waals surface area contributed by atoms with Crippen molar-refractivity contribution in [2.75, 3.05) is 13.1 Å². The highest BCUT2D eigenvalue weighted by atomic mass is 16.2. The molecular weight excluding hydrogens is 168 g/mol. The highest BCUT2D eigenvalue weighted by molar-refractivity contribution is 5.81. The van der Waals surface area contributed by atoms with E-state index in [-0.39, 0.29) is 5.91 Å². The van der Waals surface area contributed by atoms with Gasteiger partial charge in [-0.15, -0.1) is 0 Å². The van der Waals surface area contributed by atoms with Crippen molar-refractivity contribution < 1.29 is 4.79 Å². The topological polar surface area (TPSA) is 90.9 Å². The molecule has 13 heavy (non-hydrogen) atoms.